The van der Waals surface area contributed by atoms with Gasteiger partial charge in [0.1, 0.15) is 18.3 Å². The number of nitrogens with zero attached hydrogens (tertiary/aromatic N) is 2. The van der Waals surface area contributed by atoms with Gasteiger partial charge in [0.25, 0.3) is 0 Å². The monoisotopic (exact) mass is 489 g/mol. The molecule has 0 spiro atoms. The summed E-state index contributed by atoms with van der Waals surface area (Å²) in [6.07, 6.45) is 2.20. The topological polar surface area (TPSA) is 96.0 Å². The Labute approximate surface area is 202 Å². The molecule has 2 aromatic rings. The van der Waals surface area contributed by atoms with E-state index in [1.807, 2.05) is 51.1 Å². The maximum Gasteiger partial charge on any atom is 0.244 e. The molecule has 0 saturated heterocycles. The molecule has 34 heavy (non-hydrogen) atoms. The summed E-state index contributed by atoms with van der Waals surface area (Å²) >= 11 is 0. The number of ether oxygens (including phenoxy) is 1. The first-order chi connectivity index (χ1) is 16.1. The van der Waals surface area contributed by atoms with Crippen LogP contribution in [0.1, 0.15) is 39.2 Å². The summed E-state index contributed by atoms with van der Waals surface area (Å²) in [4.78, 5) is 28.1. The zero-order valence-corrected chi connectivity index (χ0v) is 21.3. The number of carbonyl (C=O) groups is 2. The van der Waals surface area contributed by atoms with E-state index in [0.717, 1.165) is 22.5 Å². The average Bonchev–Trinajstić information content (AvgIpc) is 2.82. The molecule has 1 N–H and O–H groups in total. The van der Waals surface area contributed by atoms with Crippen LogP contribution in [0.2, 0.25) is 0 Å². The van der Waals surface area contributed by atoms with E-state index in [9.17, 15) is 18.0 Å². The van der Waals surface area contributed by atoms with Crippen molar-refractivity contribution >= 4 is 27.5 Å². The number of carbonyl (C=O) groups excluding carboxylic acids is 2. The summed E-state index contributed by atoms with van der Waals surface area (Å²) in [6.45, 7) is 5.47. The number of anilines is 1. The first-order valence-electron chi connectivity index (χ1n) is 11.4. The van der Waals surface area contributed by atoms with Crippen molar-refractivity contribution < 1.29 is 22.7 Å². The molecule has 0 aliphatic heterocycles. The van der Waals surface area contributed by atoms with Gasteiger partial charge in [0.2, 0.25) is 21.8 Å². The van der Waals surface area contributed by atoms with Crippen LogP contribution in [0.3, 0.4) is 0 Å². The van der Waals surface area contributed by atoms with Crippen molar-refractivity contribution in [1.29, 1.82) is 0 Å². The molecule has 0 unspecified atom stereocenters. The minimum absolute atomic E-state index is 0.0398. The lowest BCUT2D eigenvalue weighted by molar-refractivity contribution is -0.140. The van der Waals surface area contributed by atoms with Gasteiger partial charge >= 0.3 is 0 Å². The highest BCUT2D eigenvalue weighted by atomic mass is 32.2. The molecule has 0 fully saturated rings. The van der Waals surface area contributed by atoms with Crippen molar-refractivity contribution in [3.8, 4) is 5.75 Å². The van der Waals surface area contributed by atoms with Gasteiger partial charge in [-0.3, -0.25) is 13.9 Å². The second kappa shape index (κ2) is 12.4. The number of methoxy groups -OCH3 is 1. The van der Waals surface area contributed by atoms with E-state index < -0.39 is 28.5 Å². The molecule has 2 rings (SSSR count). The largest absolute Gasteiger partial charge is 0.497 e. The standard InChI is InChI=1S/C25H35N3O5S/c1-6-19(3)26-25(30)23(7-2)27(17-20-11-9-8-10-12-20)24(29)18-28(34(5,31)32)21-13-15-22(33-4)16-14-21/h8-16,19,23H,6-7,17-18H2,1-5H3,(H,26,30)/t19-,23-/m0/s1. The SMILES string of the molecule is CC[C@H](C)NC(=O)[C@H](CC)N(Cc1ccccc1)C(=O)CN(c1ccc(OC)cc1)S(C)(=O)=O. The number of amides is 2. The highest BCUT2D eigenvalue weighted by Gasteiger charge is 2.32. The number of hydrogen-bond donors (Lipinski definition) is 1. The Bertz CT molecular complexity index is 1040. The smallest absolute Gasteiger partial charge is 0.244 e. The van der Waals surface area contributed by atoms with Crippen LogP contribution in [0.4, 0.5) is 5.69 Å². The Balaban J connectivity index is 2.40. The van der Waals surface area contributed by atoms with Gasteiger partial charge < -0.3 is 15.0 Å². The number of sulfonamides is 1. The maximum absolute atomic E-state index is 13.6. The van der Waals surface area contributed by atoms with Crippen LogP contribution in [-0.2, 0) is 26.2 Å². The first kappa shape index (κ1) is 27.2. The van der Waals surface area contributed by atoms with Gasteiger partial charge in [0.05, 0.1) is 19.1 Å². The Morgan fingerprint density at radius 1 is 1.00 bits per heavy atom. The third-order valence-electron chi connectivity index (χ3n) is 5.62. The lowest BCUT2D eigenvalue weighted by Gasteiger charge is -2.33. The number of nitrogens with one attached hydrogen (secondary N) is 1. The van der Waals surface area contributed by atoms with Crippen LogP contribution in [0.25, 0.3) is 0 Å². The molecular formula is C25H35N3O5S. The third-order valence-corrected chi connectivity index (χ3v) is 6.76. The molecule has 0 aliphatic rings. The molecule has 2 atom stereocenters. The van der Waals surface area contributed by atoms with Crippen molar-refractivity contribution in [3.05, 3.63) is 60.2 Å². The van der Waals surface area contributed by atoms with Crippen LogP contribution in [0.15, 0.2) is 54.6 Å². The van der Waals surface area contributed by atoms with Gasteiger partial charge in [-0.1, -0.05) is 44.2 Å². The molecule has 2 amide bonds. The Morgan fingerprint density at radius 2 is 1.62 bits per heavy atom. The second-order valence-corrected chi connectivity index (χ2v) is 10.1. The Morgan fingerprint density at radius 3 is 2.12 bits per heavy atom. The van der Waals surface area contributed by atoms with Crippen LogP contribution >= 0.6 is 0 Å². The summed E-state index contributed by atoms with van der Waals surface area (Å²) in [7, 11) is -2.25. The van der Waals surface area contributed by atoms with Crippen molar-refractivity contribution in [3.63, 3.8) is 0 Å². The van der Waals surface area contributed by atoms with Gasteiger partial charge in [-0.2, -0.15) is 0 Å². The third kappa shape index (κ3) is 7.48. The van der Waals surface area contributed by atoms with E-state index >= 15 is 0 Å². The van der Waals surface area contributed by atoms with E-state index in [1.54, 1.807) is 24.3 Å². The van der Waals surface area contributed by atoms with Crippen LogP contribution in [0, 0.1) is 0 Å². The fourth-order valence-electron chi connectivity index (χ4n) is 3.50. The molecular weight excluding hydrogens is 454 g/mol. The first-order valence-corrected chi connectivity index (χ1v) is 13.2. The quantitative estimate of drug-likeness (QED) is 0.494. The molecule has 0 radical (unpaired) electrons. The van der Waals surface area contributed by atoms with Crippen molar-refractivity contribution in [2.75, 3.05) is 24.2 Å². The molecule has 2 aromatic carbocycles. The van der Waals surface area contributed by atoms with Crippen molar-refractivity contribution in [1.82, 2.24) is 10.2 Å². The van der Waals surface area contributed by atoms with E-state index in [1.165, 1.54) is 12.0 Å². The molecule has 0 aromatic heterocycles. The number of rotatable bonds is 12. The van der Waals surface area contributed by atoms with Gasteiger partial charge in [-0.05, 0) is 49.6 Å². The van der Waals surface area contributed by atoms with Crippen molar-refractivity contribution in [2.24, 2.45) is 0 Å². The number of benzene rings is 2. The minimum atomic E-state index is -3.77. The Kier molecular flexibility index (Phi) is 9.92. The Hall–Kier alpha value is -3.07. The highest BCUT2D eigenvalue weighted by Crippen LogP contribution is 2.22. The van der Waals surface area contributed by atoms with Gasteiger partial charge in [0, 0.05) is 12.6 Å². The van der Waals surface area contributed by atoms with Crippen LogP contribution in [-0.4, -0.2) is 57.1 Å². The molecule has 0 saturated carbocycles. The van der Waals surface area contributed by atoms with Crippen LogP contribution < -0.4 is 14.4 Å². The number of hydrogen-bond acceptors (Lipinski definition) is 5. The predicted molar refractivity (Wildman–Crippen MR) is 134 cm³/mol. The molecule has 0 heterocycles. The molecule has 186 valence electrons. The molecule has 8 nitrogen and oxygen atoms in total. The second-order valence-electron chi connectivity index (χ2n) is 8.22. The minimum Gasteiger partial charge on any atom is -0.497 e. The normalized spacial score (nSPS) is 13.0. The fraction of sp³-hybridized carbons (Fsp3) is 0.440. The average molecular weight is 490 g/mol. The highest BCUT2D eigenvalue weighted by molar-refractivity contribution is 7.92. The molecule has 0 aliphatic carbocycles. The van der Waals surface area contributed by atoms with Gasteiger partial charge in [0.15, 0.2) is 0 Å². The summed E-state index contributed by atoms with van der Waals surface area (Å²) < 4.78 is 31.4. The predicted octanol–water partition coefficient (Wildman–Crippen LogP) is 3.18. The van der Waals surface area contributed by atoms with E-state index in [-0.39, 0.29) is 18.5 Å². The molecule has 9 heteroatoms. The van der Waals surface area contributed by atoms with Gasteiger partial charge in [-0.25, -0.2) is 8.42 Å². The van der Waals surface area contributed by atoms with Crippen LogP contribution in [0.5, 0.6) is 5.75 Å². The summed E-state index contributed by atoms with van der Waals surface area (Å²) in [6, 6.07) is 15.0. The van der Waals surface area contributed by atoms with Crippen molar-refractivity contribution in [2.45, 2.75) is 52.2 Å². The van der Waals surface area contributed by atoms with E-state index in [0.29, 0.717) is 17.9 Å². The maximum atomic E-state index is 13.6. The molecule has 0 bridgehead atoms. The van der Waals surface area contributed by atoms with E-state index in [4.69, 9.17) is 4.74 Å². The zero-order valence-electron chi connectivity index (χ0n) is 20.5. The van der Waals surface area contributed by atoms with E-state index in [2.05, 4.69) is 5.32 Å². The lowest BCUT2D eigenvalue weighted by Crippen LogP contribution is -2.53. The van der Waals surface area contributed by atoms with Gasteiger partial charge in [-0.15, -0.1) is 0 Å². The lowest BCUT2D eigenvalue weighted by atomic mass is 10.1. The zero-order chi connectivity index (χ0) is 25.3. The summed E-state index contributed by atoms with van der Waals surface area (Å²) in [5, 5.41) is 2.95. The summed E-state index contributed by atoms with van der Waals surface area (Å²) in [5.74, 6) is -0.144. The summed E-state index contributed by atoms with van der Waals surface area (Å²) in [5.41, 5.74) is 1.19. The fourth-order valence-corrected chi connectivity index (χ4v) is 4.35.